The van der Waals surface area contributed by atoms with Crippen LogP contribution in [0.5, 0.6) is 5.75 Å². The molecule has 0 unspecified atom stereocenters. The minimum Gasteiger partial charge on any atom is -0.493 e. The van der Waals surface area contributed by atoms with Crippen molar-refractivity contribution >= 4 is 5.71 Å². The molecule has 2 rings (SSSR count). The zero-order valence-electron chi connectivity index (χ0n) is 11.3. The first-order valence-corrected chi connectivity index (χ1v) is 6.61. The number of hydrogen-bond acceptors (Lipinski definition) is 4. The number of hydrogen-bond donors (Lipinski definition) is 1. The van der Waals surface area contributed by atoms with E-state index < -0.39 is 12.8 Å². The lowest BCUT2D eigenvalue weighted by Crippen LogP contribution is -2.18. The predicted molar refractivity (Wildman–Crippen MR) is 70.1 cm³/mol. The molecule has 1 aliphatic rings. The average molecular weight is 303 g/mol. The molecule has 0 heterocycles. The maximum Gasteiger partial charge on any atom is 0.411 e. The molecule has 0 aliphatic heterocycles. The third-order valence-electron chi connectivity index (χ3n) is 3.11. The van der Waals surface area contributed by atoms with E-state index in [9.17, 15) is 13.2 Å². The first kappa shape index (κ1) is 15.6. The van der Waals surface area contributed by atoms with E-state index in [4.69, 9.17) is 9.94 Å². The molecule has 1 N–H and O–H groups in total. The largest absolute Gasteiger partial charge is 0.493 e. The average Bonchev–Trinajstić information content (AvgIpc) is 2.83. The lowest BCUT2D eigenvalue weighted by atomic mass is 10.1. The molecular formula is C14H16F3NO3. The summed E-state index contributed by atoms with van der Waals surface area (Å²) in [7, 11) is 0. The van der Waals surface area contributed by atoms with Gasteiger partial charge in [-0.2, -0.15) is 13.2 Å². The van der Waals surface area contributed by atoms with Crippen LogP contribution in [0.2, 0.25) is 0 Å². The van der Waals surface area contributed by atoms with E-state index >= 15 is 0 Å². The van der Waals surface area contributed by atoms with Gasteiger partial charge in [-0.25, -0.2) is 0 Å². The van der Waals surface area contributed by atoms with Crippen molar-refractivity contribution in [3.8, 4) is 5.75 Å². The Labute approximate surface area is 120 Å². The second-order valence-corrected chi connectivity index (χ2v) is 4.74. The number of fused-ring (bicyclic) bond motifs is 1. The van der Waals surface area contributed by atoms with Crippen LogP contribution in [0.15, 0.2) is 23.4 Å². The molecule has 0 radical (unpaired) electrons. The van der Waals surface area contributed by atoms with Crippen LogP contribution in [-0.2, 0) is 11.2 Å². The maximum atomic E-state index is 11.8. The Kier molecular flexibility index (Phi) is 5.06. The maximum absolute atomic E-state index is 11.8. The Morgan fingerprint density at radius 2 is 2.00 bits per heavy atom. The van der Waals surface area contributed by atoms with E-state index in [0.29, 0.717) is 24.3 Å². The summed E-state index contributed by atoms with van der Waals surface area (Å²) in [5.74, 6) is 0.656. The van der Waals surface area contributed by atoms with Crippen LogP contribution in [0, 0.1) is 0 Å². The van der Waals surface area contributed by atoms with Gasteiger partial charge in [0.25, 0.3) is 0 Å². The molecule has 1 aromatic carbocycles. The second kappa shape index (κ2) is 6.80. The van der Waals surface area contributed by atoms with Crippen LogP contribution in [0.1, 0.15) is 24.0 Å². The molecule has 7 heteroatoms. The summed E-state index contributed by atoms with van der Waals surface area (Å²) in [6.07, 6.45) is -2.41. The Morgan fingerprint density at radius 1 is 1.19 bits per heavy atom. The van der Waals surface area contributed by atoms with Gasteiger partial charge in [0, 0.05) is 12.0 Å². The third kappa shape index (κ3) is 4.63. The van der Waals surface area contributed by atoms with Crippen molar-refractivity contribution in [2.75, 3.05) is 19.8 Å². The molecule has 0 fully saturated rings. The monoisotopic (exact) mass is 303 g/mol. The zero-order valence-corrected chi connectivity index (χ0v) is 11.3. The van der Waals surface area contributed by atoms with Crippen molar-refractivity contribution in [1.82, 2.24) is 0 Å². The van der Waals surface area contributed by atoms with Gasteiger partial charge in [0.05, 0.1) is 18.9 Å². The molecule has 0 aromatic heterocycles. The van der Waals surface area contributed by atoms with Gasteiger partial charge in [-0.3, -0.25) is 0 Å². The normalized spacial score (nSPS) is 16.2. The van der Waals surface area contributed by atoms with E-state index in [-0.39, 0.29) is 13.2 Å². The number of alkyl halides is 3. The van der Waals surface area contributed by atoms with Gasteiger partial charge in [0.2, 0.25) is 0 Å². The number of ether oxygens (including phenoxy) is 2. The summed E-state index contributed by atoms with van der Waals surface area (Å²) < 4.78 is 45.5. The SMILES string of the molecule is O/N=C1/CCc2cc(OCCCOCC(F)(F)F)ccc21. The Hall–Kier alpha value is -1.76. The van der Waals surface area contributed by atoms with Crippen LogP contribution in [0.3, 0.4) is 0 Å². The van der Waals surface area contributed by atoms with Crippen LogP contribution < -0.4 is 4.74 Å². The van der Waals surface area contributed by atoms with E-state index in [1.165, 1.54) is 0 Å². The summed E-state index contributed by atoms with van der Waals surface area (Å²) in [6.45, 7) is -0.932. The molecule has 0 spiro atoms. The fourth-order valence-corrected chi connectivity index (χ4v) is 2.18. The van der Waals surface area contributed by atoms with Crippen LogP contribution in [0.4, 0.5) is 13.2 Å². The summed E-state index contributed by atoms with van der Waals surface area (Å²) in [6, 6.07) is 5.45. The highest BCUT2D eigenvalue weighted by Gasteiger charge is 2.27. The van der Waals surface area contributed by atoms with Crippen molar-refractivity contribution in [3.63, 3.8) is 0 Å². The topological polar surface area (TPSA) is 51.1 Å². The fraction of sp³-hybridized carbons (Fsp3) is 0.500. The minimum absolute atomic E-state index is 0.00572. The molecule has 0 saturated carbocycles. The van der Waals surface area contributed by atoms with Crippen molar-refractivity contribution in [3.05, 3.63) is 29.3 Å². The first-order chi connectivity index (χ1) is 9.99. The molecular weight excluding hydrogens is 287 g/mol. The van der Waals surface area contributed by atoms with Crippen molar-refractivity contribution in [2.45, 2.75) is 25.4 Å². The first-order valence-electron chi connectivity index (χ1n) is 6.61. The fourth-order valence-electron chi connectivity index (χ4n) is 2.18. The molecule has 1 aliphatic carbocycles. The van der Waals surface area contributed by atoms with Gasteiger partial charge in [-0.05, 0) is 36.6 Å². The third-order valence-corrected chi connectivity index (χ3v) is 3.11. The van der Waals surface area contributed by atoms with Gasteiger partial charge in [0.15, 0.2) is 0 Å². The molecule has 0 atom stereocenters. The number of aryl methyl sites for hydroxylation is 1. The molecule has 1 aromatic rings. The predicted octanol–water partition coefficient (Wildman–Crippen LogP) is 3.16. The highest BCUT2D eigenvalue weighted by atomic mass is 19.4. The summed E-state index contributed by atoms with van der Waals surface area (Å²) >= 11 is 0. The van der Waals surface area contributed by atoms with E-state index in [1.54, 1.807) is 6.07 Å². The number of nitrogens with zero attached hydrogens (tertiary/aromatic N) is 1. The molecule has 116 valence electrons. The lowest BCUT2D eigenvalue weighted by molar-refractivity contribution is -0.174. The Balaban J connectivity index is 1.73. The standard InChI is InChI=1S/C14H16F3NO3/c15-14(16,17)9-20-6-1-7-21-11-3-4-12-10(8-11)2-5-13(12)18-19/h3-4,8,19H,1-2,5-7,9H2/b18-13-. The highest BCUT2D eigenvalue weighted by Crippen LogP contribution is 2.26. The van der Waals surface area contributed by atoms with E-state index in [0.717, 1.165) is 17.5 Å². The Bertz CT molecular complexity index is 515. The van der Waals surface area contributed by atoms with Crippen molar-refractivity contribution < 1.29 is 27.9 Å². The van der Waals surface area contributed by atoms with Crippen molar-refractivity contribution in [2.24, 2.45) is 5.16 Å². The summed E-state index contributed by atoms with van der Waals surface area (Å²) in [5.41, 5.74) is 2.63. The van der Waals surface area contributed by atoms with Crippen molar-refractivity contribution in [1.29, 1.82) is 0 Å². The smallest absolute Gasteiger partial charge is 0.411 e. The molecule has 0 amide bonds. The van der Waals surface area contributed by atoms with Crippen LogP contribution in [-0.4, -0.2) is 36.9 Å². The van der Waals surface area contributed by atoms with Gasteiger partial charge in [-0.1, -0.05) is 5.16 Å². The van der Waals surface area contributed by atoms with E-state index in [2.05, 4.69) is 9.89 Å². The quantitative estimate of drug-likeness (QED) is 0.499. The second-order valence-electron chi connectivity index (χ2n) is 4.74. The lowest BCUT2D eigenvalue weighted by Gasteiger charge is -2.09. The summed E-state index contributed by atoms with van der Waals surface area (Å²) in [5, 5.41) is 12.1. The molecule has 0 bridgehead atoms. The summed E-state index contributed by atoms with van der Waals surface area (Å²) in [4.78, 5) is 0. The van der Waals surface area contributed by atoms with Gasteiger partial charge < -0.3 is 14.7 Å². The Morgan fingerprint density at radius 3 is 2.71 bits per heavy atom. The van der Waals surface area contributed by atoms with E-state index in [1.807, 2.05) is 12.1 Å². The number of rotatable bonds is 6. The minimum atomic E-state index is -4.28. The number of oxime groups is 1. The van der Waals surface area contributed by atoms with Gasteiger partial charge in [0.1, 0.15) is 12.4 Å². The van der Waals surface area contributed by atoms with Gasteiger partial charge in [-0.15, -0.1) is 0 Å². The van der Waals surface area contributed by atoms with Crippen LogP contribution >= 0.6 is 0 Å². The van der Waals surface area contributed by atoms with Gasteiger partial charge >= 0.3 is 6.18 Å². The molecule has 0 saturated heterocycles. The molecule has 4 nitrogen and oxygen atoms in total. The highest BCUT2D eigenvalue weighted by molar-refractivity contribution is 6.04. The van der Waals surface area contributed by atoms with Crippen LogP contribution in [0.25, 0.3) is 0 Å². The number of benzene rings is 1. The number of halogens is 3. The zero-order chi connectivity index (χ0) is 15.3. The molecule has 21 heavy (non-hydrogen) atoms.